The van der Waals surface area contributed by atoms with Gasteiger partial charge in [0.05, 0.1) is 0 Å². The van der Waals surface area contributed by atoms with E-state index in [0.717, 1.165) is 13.0 Å². The van der Waals surface area contributed by atoms with Gasteiger partial charge in [-0.25, -0.2) is 0 Å². The van der Waals surface area contributed by atoms with Crippen LogP contribution in [-0.4, -0.2) is 6.54 Å². The fourth-order valence-corrected chi connectivity index (χ4v) is 1.27. The Bertz CT molecular complexity index is 252. The molecule has 1 heteroatoms. The van der Waals surface area contributed by atoms with E-state index in [9.17, 15) is 0 Å². The fourth-order valence-electron chi connectivity index (χ4n) is 1.27. The second-order valence-corrected chi connectivity index (χ2v) is 2.79. The first kappa shape index (κ1) is 8.89. The van der Waals surface area contributed by atoms with Crippen molar-refractivity contribution in [2.45, 2.75) is 19.8 Å². The average Bonchev–Trinajstić information content (AvgIpc) is 2.15. The van der Waals surface area contributed by atoms with E-state index in [-0.39, 0.29) is 0 Å². The predicted octanol–water partition coefficient (Wildman–Crippen LogP) is 2.54. The number of hydrogen-bond donors (Lipinski definition) is 1. The summed E-state index contributed by atoms with van der Waals surface area (Å²) in [7, 11) is 0. The third kappa shape index (κ3) is 2.14. The van der Waals surface area contributed by atoms with Gasteiger partial charge in [-0.05, 0) is 25.8 Å². The van der Waals surface area contributed by atoms with Gasteiger partial charge in [0.15, 0.2) is 0 Å². The van der Waals surface area contributed by atoms with Crippen LogP contribution in [0.1, 0.15) is 19.8 Å². The normalized spacial score (nSPS) is 21.1. The molecule has 1 aliphatic heterocycles. The minimum absolute atomic E-state index is 1.06. The Hall–Kier alpha value is -1.20. The third-order valence-corrected chi connectivity index (χ3v) is 1.91. The molecule has 0 aromatic heterocycles. The highest BCUT2D eigenvalue weighted by atomic mass is 14.9. The average molecular weight is 161 g/mol. The molecular weight excluding hydrogens is 146 g/mol. The number of nitrogens with one attached hydrogen (secondary N) is 1. The van der Waals surface area contributed by atoms with E-state index in [1.165, 1.54) is 17.7 Å². The molecule has 1 heterocycles. The lowest BCUT2D eigenvalue weighted by atomic mass is 10.0. The summed E-state index contributed by atoms with van der Waals surface area (Å²) in [5, 5.41) is 3.33. The van der Waals surface area contributed by atoms with Gasteiger partial charge in [0.25, 0.3) is 0 Å². The maximum absolute atomic E-state index is 3.68. The number of hydrogen-bond acceptors (Lipinski definition) is 1. The molecule has 0 unspecified atom stereocenters. The largest absolute Gasteiger partial charge is 0.384 e. The van der Waals surface area contributed by atoms with Gasteiger partial charge in [-0.3, -0.25) is 0 Å². The van der Waals surface area contributed by atoms with Gasteiger partial charge < -0.3 is 5.32 Å². The zero-order valence-electron chi connectivity index (χ0n) is 7.56. The van der Waals surface area contributed by atoms with Crippen LogP contribution in [-0.2, 0) is 0 Å². The zero-order valence-corrected chi connectivity index (χ0v) is 7.56. The van der Waals surface area contributed by atoms with Crippen molar-refractivity contribution in [1.82, 2.24) is 5.32 Å². The molecule has 0 spiro atoms. The SMILES string of the molecule is C=C=C1CCCN/C1=C/C=C\C. The van der Waals surface area contributed by atoms with Gasteiger partial charge in [-0.2, -0.15) is 0 Å². The molecule has 0 bridgehead atoms. The smallest absolute Gasteiger partial charge is 0.0450 e. The molecule has 1 saturated heterocycles. The van der Waals surface area contributed by atoms with Crippen molar-refractivity contribution in [2.75, 3.05) is 6.54 Å². The predicted molar refractivity (Wildman–Crippen MR) is 52.8 cm³/mol. The summed E-state index contributed by atoms with van der Waals surface area (Å²) >= 11 is 0. The summed E-state index contributed by atoms with van der Waals surface area (Å²) in [5.74, 6) is 0. The summed E-state index contributed by atoms with van der Waals surface area (Å²) in [6.45, 7) is 6.75. The van der Waals surface area contributed by atoms with Crippen LogP contribution in [0.15, 0.2) is 41.8 Å². The molecular formula is C11H15N. The van der Waals surface area contributed by atoms with Gasteiger partial charge in [0, 0.05) is 17.8 Å². The van der Waals surface area contributed by atoms with Gasteiger partial charge in [0.2, 0.25) is 0 Å². The molecule has 0 aliphatic carbocycles. The Morgan fingerprint density at radius 2 is 2.42 bits per heavy atom. The molecule has 0 atom stereocenters. The molecule has 0 amide bonds. The Morgan fingerprint density at radius 3 is 3.08 bits per heavy atom. The van der Waals surface area contributed by atoms with Crippen molar-refractivity contribution in [3.8, 4) is 0 Å². The molecule has 1 rings (SSSR count). The van der Waals surface area contributed by atoms with E-state index < -0.39 is 0 Å². The molecule has 0 aromatic rings. The minimum atomic E-state index is 1.06. The van der Waals surface area contributed by atoms with Crippen LogP contribution in [0.3, 0.4) is 0 Å². The first-order valence-electron chi connectivity index (χ1n) is 4.34. The van der Waals surface area contributed by atoms with E-state index in [4.69, 9.17) is 0 Å². The molecule has 0 radical (unpaired) electrons. The molecule has 12 heavy (non-hydrogen) atoms. The van der Waals surface area contributed by atoms with E-state index >= 15 is 0 Å². The van der Waals surface area contributed by atoms with Crippen molar-refractivity contribution >= 4 is 0 Å². The standard InChI is InChI=1S/C11H15N/c1-3-5-8-11-10(4-2)7-6-9-12-11/h3,5,8,12H,2,6-7,9H2,1H3/b5-3-,11-8+. The lowest BCUT2D eigenvalue weighted by Gasteiger charge is -2.18. The molecule has 1 nitrogen and oxygen atoms in total. The third-order valence-electron chi connectivity index (χ3n) is 1.91. The van der Waals surface area contributed by atoms with Crippen molar-refractivity contribution in [1.29, 1.82) is 0 Å². The molecule has 1 aliphatic rings. The van der Waals surface area contributed by atoms with Gasteiger partial charge >= 0.3 is 0 Å². The number of piperidine rings is 1. The van der Waals surface area contributed by atoms with Crippen molar-refractivity contribution in [3.05, 3.63) is 41.8 Å². The molecule has 0 aromatic carbocycles. The maximum atomic E-state index is 3.68. The van der Waals surface area contributed by atoms with E-state index in [2.05, 4.69) is 23.7 Å². The fraction of sp³-hybridized carbons (Fsp3) is 0.364. The summed E-state index contributed by atoms with van der Waals surface area (Å²) in [6, 6.07) is 0. The number of rotatable bonds is 1. The van der Waals surface area contributed by atoms with Gasteiger partial charge in [-0.1, -0.05) is 18.7 Å². The van der Waals surface area contributed by atoms with E-state index in [1.807, 2.05) is 19.1 Å². The van der Waals surface area contributed by atoms with Crippen molar-refractivity contribution < 1.29 is 0 Å². The van der Waals surface area contributed by atoms with Crippen LogP contribution in [0, 0.1) is 0 Å². The van der Waals surface area contributed by atoms with Crippen LogP contribution in [0.4, 0.5) is 0 Å². The van der Waals surface area contributed by atoms with Crippen molar-refractivity contribution in [2.24, 2.45) is 0 Å². The Labute approximate surface area is 74.2 Å². The van der Waals surface area contributed by atoms with Crippen LogP contribution < -0.4 is 5.32 Å². The minimum Gasteiger partial charge on any atom is -0.384 e. The van der Waals surface area contributed by atoms with Crippen LogP contribution in [0.5, 0.6) is 0 Å². The summed E-state index contributed by atoms with van der Waals surface area (Å²) in [5.41, 5.74) is 5.35. The van der Waals surface area contributed by atoms with E-state index in [0.29, 0.717) is 0 Å². The molecule has 0 saturated carbocycles. The van der Waals surface area contributed by atoms with Gasteiger partial charge in [0.1, 0.15) is 0 Å². The summed E-state index contributed by atoms with van der Waals surface area (Å²) < 4.78 is 0. The van der Waals surface area contributed by atoms with Crippen LogP contribution >= 0.6 is 0 Å². The Balaban J connectivity index is 2.78. The summed E-state index contributed by atoms with van der Waals surface area (Å²) in [4.78, 5) is 0. The van der Waals surface area contributed by atoms with Gasteiger partial charge in [-0.15, -0.1) is 5.73 Å². The zero-order chi connectivity index (χ0) is 8.81. The second-order valence-electron chi connectivity index (χ2n) is 2.79. The first-order valence-corrected chi connectivity index (χ1v) is 4.34. The highest BCUT2D eigenvalue weighted by Crippen LogP contribution is 2.16. The van der Waals surface area contributed by atoms with E-state index in [1.54, 1.807) is 0 Å². The quantitative estimate of drug-likeness (QED) is 0.583. The Morgan fingerprint density at radius 1 is 1.58 bits per heavy atom. The summed E-state index contributed by atoms with van der Waals surface area (Å²) in [6.07, 6.45) is 8.41. The first-order chi connectivity index (χ1) is 5.88. The highest BCUT2D eigenvalue weighted by molar-refractivity contribution is 5.32. The van der Waals surface area contributed by atoms with Crippen LogP contribution in [0.25, 0.3) is 0 Å². The maximum Gasteiger partial charge on any atom is 0.0450 e. The second kappa shape index (κ2) is 4.63. The lowest BCUT2D eigenvalue weighted by molar-refractivity contribution is 0.670. The molecule has 64 valence electrons. The topological polar surface area (TPSA) is 12.0 Å². The molecule has 1 N–H and O–H groups in total. The Kier molecular flexibility index (Phi) is 3.43. The monoisotopic (exact) mass is 161 g/mol. The lowest BCUT2D eigenvalue weighted by Crippen LogP contribution is -2.21. The number of allylic oxidation sites excluding steroid dienone is 4. The van der Waals surface area contributed by atoms with Crippen LogP contribution in [0.2, 0.25) is 0 Å². The molecule has 1 fully saturated rings. The highest BCUT2D eigenvalue weighted by Gasteiger charge is 2.08. The van der Waals surface area contributed by atoms with Crippen molar-refractivity contribution in [3.63, 3.8) is 0 Å².